The van der Waals surface area contributed by atoms with Crippen molar-refractivity contribution in [2.45, 2.75) is 12.5 Å². The van der Waals surface area contributed by atoms with E-state index in [1.54, 1.807) is 0 Å². The van der Waals surface area contributed by atoms with Gasteiger partial charge in [-0.05, 0) is 30.2 Å². The van der Waals surface area contributed by atoms with Gasteiger partial charge in [-0.1, -0.05) is 48.6 Å². The van der Waals surface area contributed by atoms with Gasteiger partial charge in [0.15, 0.2) is 6.10 Å². The van der Waals surface area contributed by atoms with Crippen LogP contribution in [0.15, 0.2) is 66.4 Å². The van der Waals surface area contributed by atoms with Gasteiger partial charge in [-0.25, -0.2) is 0 Å². The molecule has 0 amide bonds. The van der Waals surface area contributed by atoms with E-state index in [0.29, 0.717) is 0 Å². The lowest BCUT2D eigenvalue weighted by Gasteiger charge is -2.27. The van der Waals surface area contributed by atoms with Crippen LogP contribution in [0.25, 0.3) is 6.08 Å². The van der Waals surface area contributed by atoms with Crippen LogP contribution < -0.4 is 10.1 Å². The van der Waals surface area contributed by atoms with Crippen molar-refractivity contribution in [1.82, 2.24) is 0 Å². The molecule has 0 radical (unpaired) electrons. The number of fused-ring (bicyclic) bond motifs is 2. The number of allylic oxidation sites excluding steroid dienone is 1. The van der Waals surface area contributed by atoms with Crippen LogP contribution in [0.5, 0.6) is 5.75 Å². The fourth-order valence-electron chi connectivity index (χ4n) is 2.69. The summed E-state index contributed by atoms with van der Waals surface area (Å²) in [6.07, 6.45) is 7.37. The number of nitrogens with one attached hydrogen (secondary N) is 1. The maximum absolute atomic E-state index is 6.07. The van der Waals surface area contributed by atoms with Gasteiger partial charge in [0.05, 0.1) is 5.70 Å². The van der Waals surface area contributed by atoms with Crippen LogP contribution in [0.2, 0.25) is 0 Å². The Hall–Kier alpha value is -2.48. The Bertz CT molecular complexity index is 715. The summed E-state index contributed by atoms with van der Waals surface area (Å²) in [5, 5.41) is 3.48. The molecule has 20 heavy (non-hydrogen) atoms. The molecule has 2 nitrogen and oxygen atoms in total. The molecule has 98 valence electrons. The summed E-state index contributed by atoms with van der Waals surface area (Å²) in [5.41, 5.74) is 4.77. The molecular formula is C18H15NO. The first-order chi connectivity index (χ1) is 9.90. The summed E-state index contributed by atoms with van der Waals surface area (Å²) < 4.78 is 6.07. The number of benzene rings is 2. The van der Waals surface area contributed by atoms with E-state index < -0.39 is 0 Å². The smallest absolute Gasteiger partial charge is 0.157 e. The van der Waals surface area contributed by atoms with Crippen molar-refractivity contribution in [1.29, 1.82) is 0 Å². The summed E-state index contributed by atoms with van der Waals surface area (Å²) in [5.74, 6) is 0.946. The highest BCUT2D eigenvalue weighted by molar-refractivity contribution is 5.64. The Morgan fingerprint density at radius 1 is 1.00 bits per heavy atom. The van der Waals surface area contributed by atoms with Gasteiger partial charge in [0, 0.05) is 11.3 Å². The van der Waals surface area contributed by atoms with E-state index in [9.17, 15) is 0 Å². The molecule has 0 aliphatic carbocycles. The first kappa shape index (κ1) is 11.4. The number of anilines is 1. The highest BCUT2D eigenvalue weighted by atomic mass is 16.5. The zero-order valence-corrected chi connectivity index (χ0v) is 11.0. The molecule has 2 heterocycles. The van der Waals surface area contributed by atoms with Crippen molar-refractivity contribution >= 4 is 11.8 Å². The van der Waals surface area contributed by atoms with Crippen LogP contribution in [0.4, 0.5) is 5.69 Å². The van der Waals surface area contributed by atoms with Crippen LogP contribution in [-0.4, -0.2) is 6.10 Å². The average Bonchev–Trinajstić information content (AvgIpc) is 2.54. The van der Waals surface area contributed by atoms with E-state index >= 15 is 0 Å². The van der Waals surface area contributed by atoms with Crippen LogP contribution in [0.1, 0.15) is 11.1 Å². The second-order valence-corrected chi connectivity index (χ2v) is 5.08. The molecule has 2 aliphatic heterocycles. The summed E-state index contributed by atoms with van der Waals surface area (Å²) in [6, 6.07) is 16.5. The molecule has 0 spiro atoms. The predicted octanol–water partition coefficient (Wildman–Crippen LogP) is 4.01. The molecule has 0 saturated carbocycles. The number of rotatable bonds is 1. The van der Waals surface area contributed by atoms with E-state index in [-0.39, 0.29) is 6.10 Å². The first-order valence-corrected chi connectivity index (χ1v) is 6.89. The fourth-order valence-corrected chi connectivity index (χ4v) is 2.69. The van der Waals surface area contributed by atoms with Crippen molar-refractivity contribution < 1.29 is 4.74 Å². The highest BCUT2D eigenvalue weighted by Crippen LogP contribution is 2.31. The van der Waals surface area contributed by atoms with Crippen molar-refractivity contribution in [2.24, 2.45) is 0 Å². The van der Waals surface area contributed by atoms with E-state index in [1.807, 2.05) is 18.2 Å². The molecule has 2 heteroatoms. The third-order valence-corrected chi connectivity index (χ3v) is 3.77. The third kappa shape index (κ3) is 1.90. The summed E-state index contributed by atoms with van der Waals surface area (Å²) in [7, 11) is 0. The number of hydrogen-bond donors (Lipinski definition) is 1. The molecule has 2 aromatic rings. The number of para-hydroxylation sites is 2. The minimum absolute atomic E-state index is 0.0294. The molecule has 2 aromatic carbocycles. The van der Waals surface area contributed by atoms with Crippen molar-refractivity contribution in [3.8, 4) is 5.75 Å². The Morgan fingerprint density at radius 2 is 1.85 bits per heavy atom. The Kier molecular flexibility index (Phi) is 2.59. The Labute approximate surface area is 118 Å². The molecule has 4 rings (SSSR count). The standard InChI is InChI=1S/C18H15NO/c1-3-7-15-13(5-1)9-11-16(19-15)18-12-10-14-6-2-4-8-17(14)20-18/h1-8,10-12,18-19H,9H2. The minimum Gasteiger partial charge on any atom is -0.479 e. The maximum atomic E-state index is 6.07. The average molecular weight is 261 g/mol. The second-order valence-electron chi connectivity index (χ2n) is 5.08. The minimum atomic E-state index is -0.0294. The largest absolute Gasteiger partial charge is 0.479 e. The molecule has 0 fully saturated rings. The molecule has 1 N–H and O–H groups in total. The molecule has 2 aliphatic rings. The van der Waals surface area contributed by atoms with Crippen LogP contribution in [0.3, 0.4) is 0 Å². The van der Waals surface area contributed by atoms with Gasteiger partial charge in [0.1, 0.15) is 5.75 Å². The molecule has 1 atom stereocenters. The molecule has 1 unspecified atom stereocenters. The summed E-state index contributed by atoms with van der Waals surface area (Å²) in [4.78, 5) is 0. The topological polar surface area (TPSA) is 21.3 Å². The van der Waals surface area contributed by atoms with Gasteiger partial charge < -0.3 is 10.1 Å². The van der Waals surface area contributed by atoms with Gasteiger partial charge in [0.2, 0.25) is 0 Å². The maximum Gasteiger partial charge on any atom is 0.157 e. The SMILES string of the molecule is C1=CC(C2=CCc3ccccc3N2)Oc2ccccc21. The monoisotopic (exact) mass is 261 g/mol. The van der Waals surface area contributed by atoms with E-state index in [2.05, 4.69) is 53.9 Å². The van der Waals surface area contributed by atoms with Crippen molar-refractivity contribution in [3.05, 3.63) is 77.5 Å². The third-order valence-electron chi connectivity index (χ3n) is 3.77. The number of hydrogen-bond acceptors (Lipinski definition) is 2. The molecule has 0 aromatic heterocycles. The van der Waals surface area contributed by atoms with E-state index in [4.69, 9.17) is 4.74 Å². The molecule has 0 saturated heterocycles. The zero-order valence-electron chi connectivity index (χ0n) is 11.0. The van der Waals surface area contributed by atoms with Gasteiger partial charge in [-0.15, -0.1) is 0 Å². The lowest BCUT2D eigenvalue weighted by atomic mass is 10.0. The van der Waals surface area contributed by atoms with Gasteiger partial charge in [-0.3, -0.25) is 0 Å². The second kappa shape index (κ2) is 4.57. The van der Waals surface area contributed by atoms with Gasteiger partial charge in [-0.2, -0.15) is 0 Å². The molecule has 0 bridgehead atoms. The normalized spacial score (nSPS) is 19.2. The van der Waals surface area contributed by atoms with Crippen LogP contribution >= 0.6 is 0 Å². The number of ether oxygens (including phenoxy) is 1. The lowest BCUT2D eigenvalue weighted by molar-refractivity contribution is 0.281. The summed E-state index contributed by atoms with van der Waals surface area (Å²) >= 11 is 0. The summed E-state index contributed by atoms with van der Waals surface area (Å²) in [6.45, 7) is 0. The van der Waals surface area contributed by atoms with E-state index in [0.717, 1.165) is 23.4 Å². The first-order valence-electron chi connectivity index (χ1n) is 6.89. The van der Waals surface area contributed by atoms with Crippen molar-refractivity contribution in [2.75, 3.05) is 5.32 Å². The Morgan fingerprint density at radius 3 is 2.85 bits per heavy atom. The Balaban J connectivity index is 1.61. The fraction of sp³-hybridized carbons (Fsp3) is 0.111. The quantitative estimate of drug-likeness (QED) is 0.837. The van der Waals surface area contributed by atoms with Gasteiger partial charge in [0.25, 0.3) is 0 Å². The van der Waals surface area contributed by atoms with E-state index in [1.165, 1.54) is 11.3 Å². The highest BCUT2D eigenvalue weighted by Gasteiger charge is 2.21. The van der Waals surface area contributed by atoms with Gasteiger partial charge >= 0.3 is 0 Å². The predicted molar refractivity (Wildman–Crippen MR) is 81.7 cm³/mol. The van der Waals surface area contributed by atoms with Crippen LogP contribution in [-0.2, 0) is 6.42 Å². The zero-order chi connectivity index (χ0) is 13.4. The van der Waals surface area contributed by atoms with Crippen molar-refractivity contribution in [3.63, 3.8) is 0 Å². The lowest BCUT2D eigenvalue weighted by Crippen LogP contribution is -2.26. The van der Waals surface area contributed by atoms with Crippen LogP contribution in [0, 0.1) is 0 Å². The molecular weight excluding hydrogens is 246 g/mol.